The van der Waals surface area contributed by atoms with Gasteiger partial charge in [0.1, 0.15) is 0 Å². The highest BCUT2D eigenvalue weighted by molar-refractivity contribution is 5.80. The Kier molecular flexibility index (Phi) is 15.4. The van der Waals surface area contributed by atoms with Gasteiger partial charge in [-0.05, 0) is 12.8 Å². The minimum absolute atomic E-state index is 0.394. The molecule has 7 heteroatoms. The van der Waals surface area contributed by atoms with E-state index in [1.807, 2.05) is 0 Å². The molecule has 20 heavy (non-hydrogen) atoms. The van der Waals surface area contributed by atoms with E-state index >= 15 is 0 Å². The third kappa shape index (κ3) is 10.9. The number of aliphatic hydroxyl groups excluding tert-OH is 4. The molecule has 1 heterocycles. The number of hydrogen-bond donors (Lipinski definition) is 4. The van der Waals surface area contributed by atoms with Crippen molar-refractivity contribution in [3.8, 4) is 0 Å². The number of carbonyl (C=O) groups is 1. The van der Waals surface area contributed by atoms with Crippen LogP contribution in [0, 0.1) is 5.41 Å². The summed E-state index contributed by atoms with van der Waals surface area (Å²) in [5, 5.41) is 34.0. The fourth-order valence-electron chi connectivity index (χ4n) is 0.894. The van der Waals surface area contributed by atoms with Crippen molar-refractivity contribution >= 4 is 5.97 Å². The molecule has 1 aliphatic rings. The summed E-state index contributed by atoms with van der Waals surface area (Å²) in [5.41, 5.74) is -1.11. The van der Waals surface area contributed by atoms with Gasteiger partial charge >= 0.3 is 5.97 Å². The number of methoxy groups -OCH3 is 1. The molecule has 120 valence electrons. The molecule has 0 bridgehead atoms. The standard InChI is InChI=1S/C5H12O4.C4H6O2.C4H8O/c6-1-5(2-7,3-8)4-9;1-3-4(5)6-2;1-2-4-5-3-1/h6-9H,1-4H2;3H,1H2,2H3;1-4H2. The van der Waals surface area contributed by atoms with Gasteiger partial charge in [0.15, 0.2) is 0 Å². The number of esters is 1. The van der Waals surface area contributed by atoms with E-state index in [4.69, 9.17) is 25.2 Å². The third-order valence-corrected chi connectivity index (χ3v) is 2.54. The zero-order valence-electron chi connectivity index (χ0n) is 12.0. The van der Waals surface area contributed by atoms with E-state index in [0.717, 1.165) is 19.3 Å². The second kappa shape index (κ2) is 14.4. The lowest BCUT2D eigenvalue weighted by atomic mass is 9.93. The quantitative estimate of drug-likeness (QED) is 0.383. The summed E-state index contributed by atoms with van der Waals surface area (Å²) in [5.74, 6) is -0.394. The number of aliphatic hydroxyl groups is 4. The lowest BCUT2D eigenvalue weighted by Gasteiger charge is -2.23. The fraction of sp³-hybridized carbons (Fsp3) is 0.769. The van der Waals surface area contributed by atoms with Gasteiger partial charge in [-0.2, -0.15) is 0 Å². The van der Waals surface area contributed by atoms with E-state index in [1.54, 1.807) is 0 Å². The van der Waals surface area contributed by atoms with Crippen LogP contribution in [0.25, 0.3) is 0 Å². The van der Waals surface area contributed by atoms with Crippen LogP contribution in [0.2, 0.25) is 0 Å². The number of carbonyl (C=O) groups excluding carboxylic acids is 1. The van der Waals surface area contributed by atoms with Gasteiger partial charge in [0.2, 0.25) is 0 Å². The second-order valence-electron chi connectivity index (χ2n) is 4.18. The zero-order chi connectivity index (χ0) is 15.9. The molecule has 0 aliphatic carbocycles. The van der Waals surface area contributed by atoms with Crippen molar-refractivity contribution in [2.45, 2.75) is 12.8 Å². The molecule has 0 saturated carbocycles. The average molecular weight is 294 g/mol. The maximum absolute atomic E-state index is 9.84. The largest absolute Gasteiger partial charge is 0.466 e. The molecule has 0 aromatic heterocycles. The van der Waals surface area contributed by atoms with Crippen molar-refractivity contribution in [1.29, 1.82) is 0 Å². The summed E-state index contributed by atoms with van der Waals surface area (Å²) in [6.07, 6.45) is 3.67. The Morgan fingerprint density at radius 2 is 1.55 bits per heavy atom. The van der Waals surface area contributed by atoms with Gasteiger partial charge in [0, 0.05) is 19.3 Å². The molecular weight excluding hydrogens is 268 g/mol. The van der Waals surface area contributed by atoms with Crippen LogP contribution in [-0.2, 0) is 14.3 Å². The Hall–Kier alpha value is -0.990. The normalized spacial score (nSPS) is 13.4. The molecule has 0 aromatic carbocycles. The van der Waals surface area contributed by atoms with Crippen LogP contribution in [0.3, 0.4) is 0 Å². The summed E-state index contributed by atoms with van der Waals surface area (Å²) in [4.78, 5) is 9.84. The SMILES string of the molecule is C1CCOC1.C=CC(=O)OC.OCC(CO)(CO)CO. The van der Waals surface area contributed by atoms with E-state index in [0.29, 0.717) is 0 Å². The van der Waals surface area contributed by atoms with Gasteiger partial charge in [0.05, 0.1) is 39.0 Å². The van der Waals surface area contributed by atoms with Gasteiger partial charge in [-0.15, -0.1) is 0 Å². The molecule has 0 unspecified atom stereocenters. The Morgan fingerprint density at radius 1 is 1.15 bits per heavy atom. The maximum atomic E-state index is 9.84. The summed E-state index contributed by atoms with van der Waals surface area (Å²) >= 11 is 0. The monoisotopic (exact) mass is 294 g/mol. The summed E-state index contributed by atoms with van der Waals surface area (Å²) in [6.45, 7) is 3.53. The number of rotatable bonds is 5. The van der Waals surface area contributed by atoms with Gasteiger partial charge in [-0.3, -0.25) is 0 Å². The summed E-state index contributed by atoms with van der Waals surface area (Å²) < 4.78 is 9.09. The second-order valence-corrected chi connectivity index (χ2v) is 4.18. The topological polar surface area (TPSA) is 116 Å². The first kappa shape index (κ1) is 21.3. The van der Waals surface area contributed by atoms with Crippen molar-refractivity contribution < 1.29 is 34.7 Å². The molecular formula is C13H26O7. The average Bonchev–Trinajstić information content (AvgIpc) is 3.09. The molecule has 0 aromatic rings. The molecule has 1 rings (SSSR count). The smallest absolute Gasteiger partial charge is 0.329 e. The minimum atomic E-state index is -1.11. The maximum Gasteiger partial charge on any atom is 0.329 e. The van der Waals surface area contributed by atoms with Gasteiger partial charge in [-0.1, -0.05) is 6.58 Å². The van der Waals surface area contributed by atoms with E-state index in [-0.39, 0.29) is 0 Å². The first-order chi connectivity index (χ1) is 9.55. The molecule has 1 aliphatic heterocycles. The van der Waals surface area contributed by atoms with Crippen molar-refractivity contribution in [3.05, 3.63) is 12.7 Å². The lowest BCUT2D eigenvalue weighted by Crippen LogP contribution is -2.37. The highest BCUT2D eigenvalue weighted by Crippen LogP contribution is 2.11. The van der Waals surface area contributed by atoms with Crippen LogP contribution < -0.4 is 0 Å². The van der Waals surface area contributed by atoms with Crippen LogP contribution in [0.4, 0.5) is 0 Å². The van der Waals surface area contributed by atoms with Gasteiger partial charge in [-0.25, -0.2) is 4.79 Å². The zero-order valence-corrected chi connectivity index (χ0v) is 12.0. The highest BCUT2D eigenvalue weighted by Gasteiger charge is 2.26. The molecule has 1 fully saturated rings. The molecule has 7 nitrogen and oxygen atoms in total. The minimum Gasteiger partial charge on any atom is -0.466 e. The van der Waals surface area contributed by atoms with E-state index in [1.165, 1.54) is 20.0 Å². The molecule has 0 radical (unpaired) electrons. The molecule has 4 N–H and O–H groups in total. The predicted molar refractivity (Wildman–Crippen MR) is 73.0 cm³/mol. The van der Waals surface area contributed by atoms with E-state index in [9.17, 15) is 4.79 Å². The first-order valence-corrected chi connectivity index (χ1v) is 6.27. The Morgan fingerprint density at radius 3 is 1.60 bits per heavy atom. The lowest BCUT2D eigenvalue weighted by molar-refractivity contribution is -0.134. The highest BCUT2D eigenvalue weighted by atomic mass is 16.5. The predicted octanol–water partition coefficient (Wildman–Crippen LogP) is -0.916. The summed E-state index contributed by atoms with van der Waals surface area (Å²) in [6, 6.07) is 0. The van der Waals surface area contributed by atoms with Gasteiger partial charge < -0.3 is 29.9 Å². The Balaban J connectivity index is 0. The molecule has 0 spiro atoms. The van der Waals surface area contributed by atoms with Crippen molar-refractivity contribution in [2.24, 2.45) is 5.41 Å². The van der Waals surface area contributed by atoms with Crippen molar-refractivity contribution in [3.63, 3.8) is 0 Å². The Bertz CT molecular complexity index is 210. The number of ether oxygens (including phenoxy) is 2. The fourth-order valence-corrected chi connectivity index (χ4v) is 0.894. The first-order valence-electron chi connectivity index (χ1n) is 6.27. The van der Waals surface area contributed by atoms with Crippen molar-refractivity contribution in [2.75, 3.05) is 46.8 Å². The van der Waals surface area contributed by atoms with Gasteiger partial charge in [0.25, 0.3) is 0 Å². The number of hydrogen-bond acceptors (Lipinski definition) is 7. The van der Waals surface area contributed by atoms with Crippen LogP contribution in [0.15, 0.2) is 12.7 Å². The van der Waals surface area contributed by atoms with Crippen LogP contribution in [-0.4, -0.2) is 73.1 Å². The Labute approximate surface area is 119 Å². The van der Waals surface area contributed by atoms with Crippen LogP contribution in [0.5, 0.6) is 0 Å². The van der Waals surface area contributed by atoms with Crippen LogP contribution in [0.1, 0.15) is 12.8 Å². The summed E-state index contributed by atoms with van der Waals surface area (Å²) in [7, 11) is 1.31. The third-order valence-electron chi connectivity index (χ3n) is 2.54. The molecule has 0 amide bonds. The molecule has 1 saturated heterocycles. The molecule has 0 atom stereocenters. The van der Waals surface area contributed by atoms with E-state index < -0.39 is 37.8 Å². The van der Waals surface area contributed by atoms with Crippen LogP contribution >= 0.6 is 0 Å². The van der Waals surface area contributed by atoms with E-state index in [2.05, 4.69) is 11.3 Å². The van der Waals surface area contributed by atoms with Crippen molar-refractivity contribution in [1.82, 2.24) is 0 Å².